The van der Waals surface area contributed by atoms with Gasteiger partial charge in [0.2, 0.25) is 5.91 Å². The van der Waals surface area contributed by atoms with Crippen molar-refractivity contribution in [2.75, 3.05) is 6.54 Å². The van der Waals surface area contributed by atoms with E-state index in [2.05, 4.69) is 53.8 Å². The number of hydrogen-bond donors (Lipinski definition) is 3. The van der Waals surface area contributed by atoms with Crippen LogP contribution in [-0.4, -0.2) is 52.6 Å². The molecular weight excluding hydrogens is 654 g/mol. The fraction of sp³-hybridized carbons (Fsp3) is 0.864. The molecule has 0 spiro atoms. The summed E-state index contributed by atoms with van der Waals surface area (Å²) in [7, 11) is 0. The average Bonchev–Trinajstić information content (AvgIpc) is 3.38. The summed E-state index contributed by atoms with van der Waals surface area (Å²) in [5.74, 6) is -0.0352. The Hall–Kier alpha value is -2.22. The van der Waals surface area contributed by atoms with E-state index in [1.807, 2.05) is 0 Å². The van der Waals surface area contributed by atoms with Crippen molar-refractivity contribution in [2.45, 2.75) is 171 Å². The highest BCUT2D eigenvalue weighted by atomic mass is 16.5. The monoisotopic (exact) mass is 724 g/mol. The average molecular weight is 724 g/mol. The third kappa shape index (κ3) is 6.02. The van der Waals surface area contributed by atoms with Gasteiger partial charge in [0.05, 0.1) is 17.9 Å². The fourth-order valence-electron chi connectivity index (χ4n) is 13.8. The molecule has 0 radical (unpaired) electrons. The van der Waals surface area contributed by atoms with Crippen LogP contribution < -0.4 is 5.32 Å². The number of fused-ring (bicyclic) bond motifs is 7. The molecule has 0 aromatic rings. The minimum Gasteiger partial charge on any atom is -0.481 e. The number of carbonyl (C=O) groups excluding carboxylic acids is 3. The lowest BCUT2D eigenvalue weighted by atomic mass is 9.33. The Morgan fingerprint density at radius 3 is 2.17 bits per heavy atom. The van der Waals surface area contributed by atoms with E-state index in [4.69, 9.17) is 4.74 Å². The zero-order valence-electron chi connectivity index (χ0n) is 33.8. The van der Waals surface area contributed by atoms with Gasteiger partial charge in [0.15, 0.2) is 5.78 Å². The number of aliphatic hydroxyl groups excluding tert-OH is 1. The van der Waals surface area contributed by atoms with Gasteiger partial charge in [-0.2, -0.15) is 0 Å². The maximum absolute atomic E-state index is 14.0. The summed E-state index contributed by atoms with van der Waals surface area (Å²) < 4.78 is 6.16. The first-order valence-corrected chi connectivity index (χ1v) is 20.8. The van der Waals surface area contributed by atoms with E-state index in [-0.39, 0.29) is 70.2 Å². The van der Waals surface area contributed by atoms with Crippen LogP contribution in [0.5, 0.6) is 0 Å². The number of carboxylic acid groups (broad SMARTS) is 1. The largest absolute Gasteiger partial charge is 0.481 e. The van der Waals surface area contributed by atoms with Crippen LogP contribution in [0, 0.1) is 62.1 Å². The topological polar surface area (TPSA) is 130 Å². The lowest BCUT2D eigenvalue weighted by molar-refractivity contribution is -0.235. The van der Waals surface area contributed by atoms with Crippen molar-refractivity contribution in [3.63, 3.8) is 0 Å². The van der Waals surface area contributed by atoms with Gasteiger partial charge < -0.3 is 20.3 Å². The Balaban J connectivity index is 1.26. The molecule has 6 aliphatic carbocycles. The molecule has 0 aromatic carbocycles. The molecule has 1 amide bonds. The summed E-state index contributed by atoms with van der Waals surface area (Å²) in [5, 5.41) is 24.9. The number of hydrogen-bond acceptors (Lipinski definition) is 6. The molecule has 0 saturated heterocycles. The third-order valence-corrected chi connectivity index (χ3v) is 16.9. The lowest BCUT2D eigenvalue weighted by Crippen LogP contribution is -2.66. The highest BCUT2D eigenvalue weighted by Crippen LogP contribution is 2.77. The van der Waals surface area contributed by atoms with E-state index in [0.29, 0.717) is 18.3 Å². The minimum absolute atomic E-state index is 0.0271. The van der Waals surface area contributed by atoms with Gasteiger partial charge in [0.25, 0.3) is 0 Å². The molecular formula is C44H69NO7. The number of ketones is 1. The summed E-state index contributed by atoms with van der Waals surface area (Å²) in [6, 6.07) is 0. The molecule has 5 fully saturated rings. The number of ether oxygens (including phenoxy) is 1. The summed E-state index contributed by atoms with van der Waals surface area (Å²) in [6.45, 7) is 19.7. The number of carbonyl (C=O) groups is 4. The molecule has 3 N–H and O–H groups in total. The summed E-state index contributed by atoms with van der Waals surface area (Å²) in [5.41, 5.74) is 0.159. The number of allylic oxidation sites excluding steroid dienone is 1. The molecule has 6 aliphatic rings. The standard InChI is InChI=1S/C44H69NO7/c1-26(2)35-29(46)23-44(32(47)25-45-37(49)27-13-11-10-12-14-27)22-21-42(8)28(36(35)44)15-16-31-41(7)19-18-33(52-34(48)24-39(3,4)38(50)51)40(5,6)30(41)17-20-43(31,42)9/h26-28,30-33,47H,10-25H2,1-9H3,(H,45,49)(H,50,51)/t28-,30-,31?,32-,33+,41+,42-,43-,44+/m1/s1. The molecule has 8 nitrogen and oxygen atoms in total. The van der Waals surface area contributed by atoms with Crippen LogP contribution in [0.3, 0.4) is 0 Å². The Labute approximate surface area is 313 Å². The SMILES string of the molecule is CC(C)C1=C2[C@H]3CCC4[C@@]5(C)CC[C@H](OC(=O)CC(C)(C)C(=O)O)C(C)(C)[C@H]5CC[C@@]4(C)[C@]3(C)CC[C@@]2([C@H](O)CNC(=O)C2CCCCC2)CC1=O. The lowest BCUT2D eigenvalue weighted by Gasteiger charge is -2.72. The first kappa shape index (κ1) is 39.5. The summed E-state index contributed by atoms with van der Waals surface area (Å²) in [6.07, 6.45) is 11.9. The molecule has 0 bridgehead atoms. The van der Waals surface area contributed by atoms with Gasteiger partial charge in [-0.3, -0.25) is 19.2 Å². The van der Waals surface area contributed by atoms with E-state index < -0.39 is 28.9 Å². The molecule has 292 valence electrons. The van der Waals surface area contributed by atoms with Crippen LogP contribution >= 0.6 is 0 Å². The van der Waals surface area contributed by atoms with Crippen molar-refractivity contribution >= 4 is 23.6 Å². The number of nitrogens with one attached hydrogen (secondary N) is 1. The van der Waals surface area contributed by atoms with Crippen molar-refractivity contribution in [3.05, 3.63) is 11.1 Å². The van der Waals surface area contributed by atoms with Gasteiger partial charge >= 0.3 is 11.9 Å². The van der Waals surface area contributed by atoms with Crippen LogP contribution in [0.4, 0.5) is 0 Å². The quantitative estimate of drug-likeness (QED) is 0.204. The molecule has 0 heterocycles. The van der Waals surface area contributed by atoms with Crippen molar-refractivity contribution < 1.29 is 34.1 Å². The van der Waals surface area contributed by atoms with Gasteiger partial charge in [0.1, 0.15) is 6.10 Å². The maximum atomic E-state index is 14.0. The number of rotatable bonds is 9. The van der Waals surface area contributed by atoms with E-state index in [9.17, 15) is 29.4 Å². The van der Waals surface area contributed by atoms with Crippen molar-refractivity contribution in [3.8, 4) is 0 Å². The molecule has 8 heteroatoms. The van der Waals surface area contributed by atoms with Crippen molar-refractivity contribution in [2.24, 2.45) is 62.1 Å². The van der Waals surface area contributed by atoms with Crippen molar-refractivity contribution in [1.29, 1.82) is 0 Å². The number of amides is 1. The smallest absolute Gasteiger partial charge is 0.309 e. The Kier molecular flexibility index (Phi) is 10.3. The predicted molar refractivity (Wildman–Crippen MR) is 201 cm³/mol. The Morgan fingerprint density at radius 2 is 1.54 bits per heavy atom. The third-order valence-electron chi connectivity index (χ3n) is 16.9. The van der Waals surface area contributed by atoms with Crippen LogP contribution in [0.25, 0.3) is 0 Å². The van der Waals surface area contributed by atoms with Crippen LogP contribution in [0.1, 0.15) is 159 Å². The van der Waals surface area contributed by atoms with E-state index in [1.165, 1.54) is 12.0 Å². The highest BCUT2D eigenvalue weighted by Gasteiger charge is 2.70. The summed E-state index contributed by atoms with van der Waals surface area (Å²) >= 11 is 0. The molecule has 0 aliphatic heterocycles. The number of carboxylic acids is 1. The molecule has 6 rings (SSSR count). The zero-order chi connectivity index (χ0) is 38.2. The van der Waals surface area contributed by atoms with E-state index in [1.54, 1.807) is 13.8 Å². The minimum atomic E-state index is -1.17. The number of Topliss-reactive ketones (excluding diaryl/α,β-unsaturated/α-hetero) is 1. The van der Waals surface area contributed by atoms with Crippen LogP contribution in [-0.2, 0) is 23.9 Å². The normalized spacial score (nSPS) is 39.6. The maximum Gasteiger partial charge on any atom is 0.309 e. The molecule has 0 aromatic heterocycles. The Bertz CT molecular complexity index is 1490. The second-order valence-corrected chi connectivity index (χ2v) is 20.7. The first-order chi connectivity index (χ1) is 24.2. The van der Waals surface area contributed by atoms with Gasteiger partial charge in [-0.25, -0.2) is 0 Å². The highest BCUT2D eigenvalue weighted by molar-refractivity contribution is 6.00. The molecule has 1 unspecified atom stereocenters. The Morgan fingerprint density at radius 1 is 0.865 bits per heavy atom. The number of esters is 1. The van der Waals surface area contributed by atoms with Crippen molar-refractivity contribution in [1.82, 2.24) is 5.32 Å². The van der Waals surface area contributed by atoms with Gasteiger partial charge in [-0.15, -0.1) is 0 Å². The summed E-state index contributed by atoms with van der Waals surface area (Å²) in [4.78, 5) is 52.0. The van der Waals surface area contributed by atoms with Gasteiger partial charge in [0, 0.05) is 29.7 Å². The molecule has 52 heavy (non-hydrogen) atoms. The zero-order valence-corrected chi connectivity index (χ0v) is 33.8. The molecule has 9 atom stereocenters. The molecule has 5 saturated carbocycles. The second-order valence-electron chi connectivity index (χ2n) is 20.7. The predicted octanol–water partition coefficient (Wildman–Crippen LogP) is 8.44. The number of aliphatic carboxylic acids is 1. The van der Waals surface area contributed by atoms with Crippen LogP contribution in [0.15, 0.2) is 11.1 Å². The van der Waals surface area contributed by atoms with Crippen LogP contribution in [0.2, 0.25) is 0 Å². The van der Waals surface area contributed by atoms with Gasteiger partial charge in [-0.05, 0) is 124 Å². The second kappa shape index (κ2) is 13.5. The first-order valence-electron chi connectivity index (χ1n) is 20.8. The van der Waals surface area contributed by atoms with E-state index in [0.717, 1.165) is 82.6 Å². The fourth-order valence-corrected chi connectivity index (χ4v) is 13.8. The number of aliphatic hydroxyl groups is 1. The van der Waals surface area contributed by atoms with E-state index >= 15 is 0 Å². The van der Waals surface area contributed by atoms with Gasteiger partial charge in [-0.1, -0.05) is 73.3 Å².